The number of halogens is 1. The zero-order valence-electron chi connectivity index (χ0n) is 14.1. The summed E-state index contributed by atoms with van der Waals surface area (Å²) in [4.78, 5) is 30.8. The van der Waals surface area contributed by atoms with Crippen LogP contribution in [-0.2, 0) is 11.4 Å². The van der Waals surface area contributed by atoms with Crippen LogP contribution in [0.15, 0.2) is 70.6 Å². The van der Waals surface area contributed by atoms with Gasteiger partial charge < -0.3 is 15.0 Å². The molecule has 1 aromatic heterocycles. The highest BCUT2D eigenvalue weighted by molar-refractivity contribution is 7.99. The SMILES string of the molecule is O=C(CSc1nc(COc2ccccc2)cc(=O)[nH]1)Nc1ccccc1Cl. The summed E-state index contributed by atoms with van der Waals surface area (Å²) in [6, 6.07) is 17.6. The number of ether oxygens (including phenoxy) is 1. The predicted octanol–water partition coefficient (Wildman–Crippen LogP) is 3.73. The minimum absolute atomic E-state index is 0.0805. The van der Waals surface area contributed by atoms with Gasteiger partial charge >= 0.3 is 0 Å². The van der Waals surface area contributed by atoms with Crippen molar-refractivity contribution in [1.29, 1.82) is 0 Å². The molecule has 8 heteroatoms. The van der Waals surface area contributed by atoms with Gasteiger partial charge in [0, 0.05) is 6.07 Å². The van der Waals surface area contributed by atoms with Gasteiger partial charge in [-0.1, -0.05) is 53.7 Å². The fraction of sp³-hybridized carbons (Fsp3) is 0.105. The van der Waals surface area contributed by atoms with Crippen molar-refractivity contribution in [2.75, 3.05) is 11.1 Å². The standard InChI is InChI=1S/C19H16ClN3O3S/c20-15-8-4-5-9-16(15)22-18(25)12-27-19-21-13(10-17(24)23-19)11-26-14-6-2-1-3-7-14/h1-10H,11-12H2,(H,22,25)(H,21,23,24). The molecule has 0 aliphatic carbocycles. The second kappa shape index (κ2) is 9.25. The second-order valence-corrected chi connectivity index (χ2v) is 6.83. The summed E-state index contributed by atoms with van der Waals surface area (Å²) in [6.45, 7) is 0.160. The van der Waals surface area contributed by atoms with E-state index in [9.17, 15) is 9.59 Å². The normalized spacial score (nSPS) is 10.4. The molecule has 3 aromatic rings. The zero-order valence-corrected chi connectivity index (χ0v) is 15.7. The van der Waals surface area contributed by atoms with E-state index in [4.69, 9.17) is 16.3 Å². The van der Waals surface area contributed by atoms with Gasteiger partial charge in [0.15, 0.2) is 5.16 Å². The van der Waals surface area contributed by atoms with Crippen LogP contribution in [-0.4, -0.2) is 21.6 Å². The number of aromatic nitrogens is 2. The summed E-state index contributed by atoms with van der Waals surface area (Å²) in [7, 11) is 0. The van der Waals surface area contributed by atoms with Crippen LogP contribution in [0.1, 0.15) is 5.69 Å². The Bertz CT molecular complexity index is 979. The summed E-state index contributed by atoms with van der Waals surface area (Å²) in [5.74, 6) is 0.520. The lowest BCUT2D eigenvalue weighted by Gasteiger charge is -2.08. The van der Waals surface area contributed by atoms with Gasteiger partial charge in [-0.05, 0) is 24.3 Å². The van der Waals surface area contributed by atoms with Gasteiger partial charge in [-0.15, -0.1) is 0 Å². The van der Waals surface area contributed by atoms with E-state index in [0.717, 1.165) is 11.8 Å². The minimum atomic E-state index is -0.300. The number of aromatic amines is 1. The lowest BCUT2D eigenvalue weighted by Crippen LogP contribution is -2.16. The molecule has 0 radical (unpaired) electrons. The third-order valence-electron chi connectivity index (χ3n) is 3.39. The minimum Gasteiger partial charge on any atom is -0.487 e. The molecule has 2 N–H and O–H groups in total. The molecule has 138 valence electrons. The molecule has 0 saturated heterocycles. The first-order chi connectivity index (χ1) is 13.1. The van der Waals surface area contributed by atoms with Crippen molar-refractivity contribution in [1.82, 2.24) is 9.97 Å². The van der Waals surface area contributed by atoms with Crippen LogP contribution in [0.2, 0.25) is 5.02 Å². The van der Waals surface area contributed by atoms with Gasteiger partial charge in [-0.2, -0.15) is 0 Å². The number of hydrogen-bond acceptors (Lipinski definition) is 5. The topological polar surface area (TPSA) is 84.1 Å². The van der Waals surface area contributed by atoms with Crippen molar-refractivity contribution in [3.05, 3.63) is 81.7 Å². The van der Waals surface area contributed by atoms with Gasteiger partial charge in [0.1, 0.15) is 12.4 Å². The van der Waals surface area contributed by atoms with E-state index in [1.807, 2.05) is 30.3 Å². The first-order valence-electron chi connectivity index (χ1n) is 8.05. The van der Waals surface area contributed by atoms with Gasteiger partial charge in [0.25, 0.3) is 5.56 Å². The van der Waals surface area contributed by atoms with Crippen molar-refractivity contribution in [2.24, 2.45) is 0 Å². The molecule has 3 rings (SSSR count). The first-order valence-corrected chi connectivity index (χ1v) is 9.42. The van der Waals surface area contributed by atoms with Crippen LogP contribution in [0.3, 0.4) is 0 Å². The summed E-state index contributed by atoms with van der Waals surface area (Å²) >= 11 is 7.14. The molecule has 0 aliphatic rings. The van der Waals surface area contributed by atoms with E-state index >= 15 is 0 Å². The third kappa shape index (κ3) is 5.87. The Balaban J connectivity index is 1.58. The average molecular weight is 402 g/mol. The number of carbonyl (C=O) groups is 1. The Hall–Kier alpha value is -2.77. The van der Waals surface area contributed by atoms with Crippen molar-refractivity contribution >= 4 is 35.0 Å². The molecule has 0 fully saturated rings. The molecular weight excluding hydrogens is 386 g/mol. The molecule has 0 bridgehead atoms. The van der Waals surface area contributed by atoms with Gasteiger partial charge in [-0.3, -0.25) is 9.59 Å². The van der Waals surface area contributed by atoms with Crippen LogP contribution in [0.4, 0.5) is 5.69 Å². The van der Waals surface area contributed by atoms with E-state index < -0.39 is 0 Å². The Morgan fingerprint density at radius 1 is 1.15 bits per heavy atom. The monoisotopic (exact) mass is 401 g/mol. The van der Waals surface area contributed by atoms with Crippen molar-refractivity contribution in [3.8, 4) is 5.75 Å². The Kier molecular flexibility index (Phi) is 6.51. The highest BCUT2D eigenvalue weighted by Gasteiger charge is 2.09. The molecule has 0 aliphatic heterocycles. The molecule has 0 spiro atoms. The van der Waals surface area contributed by atoms with Crippen molar-refractivity contribution in [3.63, 3.8) is 0 Å². The number of H-pyrrole nitrogens is 1. The summed E-state index contributed by atoms with van der Waals surface area (Å²) in [5.41, 5.74) is 0.721. The van der Waals surface area contributed by atoms with Crippen molar-refractivity contribution in [2.45, 2.75) is 11.8 Å². The lowest BCUT2D eigenvalue weighted by atomic mass is 10.3. The molecule has 1 heterocycles. The predicted molar refractivity (Wildman–Crippen MR) is 106 cm³/mol. The molecule has 6 nitrogen and oxygen atoms in total. The van der Waals surface area contributed by atoms with E-state index in [-0.39, 0.29) is 23.8 Å². The summed E-state index contributed by atoms with van der Waals surface area (Å²) in [6.07, 6.45) is 0. The van der Waals surface area contributed by atoms with Crippen LogP contribution in [0, 0.1) is 0 Å². The van der Waals surface area contributed by atoms with Gasteiger partial charge in [0.05, 0.1) is 22.2 Å². The molecule has 27 heavy (non-hydrogen) atoms. The highest BCUT2D eigenvalue weighted by Crippen LogP contribution is 2.21. The Labute approximate surface area is 164 Å². The maximum absolute atomic E-state index is 12.1. The number of nitrogens with zero attached hydrogens (tertiary/aromatic N) is 1. The highest BCUT2D eigenvalue weighted by atomic mass is 35.5. The number of nitrogens with one attached hydrogen (secondary N) is 2. The zero-order chi connectivity index (χ0) is 19.1. The van der Waals surface area contributed by atoms with E-state index in [0.29, 0.717) is 27.3 Å². The number of benzene rings is 2. The fourth-order valence-electron chi connectivity index (χ4n) is 2.18. The average Bonchev–Trinajstić information content (AvgIpc) is 2.67. The molecule has 0 atom stereocenters. The lowest BCUT2D eigenvalue weighted by molar-refractivity contribution is -0.113. The number of thioether (sulfide) groups is 1. The summed E-state index contributed by atoms with van der Waals surface area (Å²) in [5, 5.41) is 3.53. The molecule has 0 unspecified atom stereocenters. The van der Waals surface area contributed by atoms with Crippen LogP contribution in [0.5, 0.6) is 5.75 Å². The van der Waals surface area contributed by atoms with Crippen molar-refractivity contribution < 1.29 is 9.53 Å². The van der Waals surface area contributed by atoms with Crippen LogP contribution < -0.4 is 15.6 Å². The van der Waals surface area contributed by atoms with E-state index in [1.165, 1.54) is 6.07 Å². The number of hydrogen-bond donors (Lipinski definition) is 2. The molecule has 0 saturated carbocycles. The quantitative estimate of drug-likeness (QED) is 0.465. The number of amides is 1. The second-order valence-electron chi connectivity index (χ2n) is 5.46. The maximum Gasteiger partial charge on any atom is 0.251 e. The maximum atomic E-state index is 12.1. The molecule has 2 aromatic carbocycles. The Morgan fingerprint density at radius 3 is 2.67 bits per heavy atom. The molecular formula is C19H16ClN3O3S. The van der Waals surface area contributed by atoms with Gasteiger partial charge in [0.2, 0.25) is 5.91 Å². The largest absolute Gasteiger partial charge is 0.487 e. The van der Waals surface area contributed by atoms with Gasteiger partial charge in [-0.25, -0.2) is 4.98 Å². The summed E-state index contributed by atoms with van der Waals surface area (Å²) < 4.78 is 5.60. The van der Waals surface area contributed by atoms with Crippen LogP contribution >= 0.6 is 23.4 Å². The van der Waals surface area contributed by atoms with E-state index in [1.54, 1.807) is 24.3 Å². The number of para-hydroxylation sites is 2. The van der Waals surface area contributed by atoms with Crippen LogP contribution in [0.25, 0.3) is 0 Å². The van der Waals surface area contributed by atoms with E-state index in [2.05, 4.69) is 15.3 Å². The molecule has 1 amide bonds. The smallest absolute Gasteiger partial charge is 0.251 e. The first kappa shape index (κ1) is 19.0. The third-order valence-corrected chi connectivity index (χ3v) is 4.59. The number of carbonyl (C=O) groups excluding carboxylic acids is 1. The number of anilines is 1. The number of rotatable bonds is 7. The Morgan fingerprint density at radius 2 is 1.89 bits per heavy atom. The fourth-order valence-corrected chi connectivity index (χ4v) is 3.06.